The molecule has 0 N–H and O–H groups in total. The Morgan fingerprint density at radius 1 is 1.39 bits per heavy atom. The molecule has 1 rings (SSSR count). The monoisotopic (exact) mass is 268 g/mol. The molecule has 0 aliphatic heterocycles. The van der Waals surface area contributed by atoms with E-state index in [0.29, 0.717) is 29.6 Å². The van der Waals surface area contributed by atoms with E-state index in [2.05, 4.69) is 6.92 Å². The lowest BCUT2D eigenvalue weighted by atomic mass is 9.90. The lowest BCUT2D eigenvalue weighted by molar-refractivity contribution is -0.118. The molecule has 3 heteroatoms. The number of carbonyl (C=O) groups excluding carboxylic acids is 1. The molecule has 1 aromatic carbocycles. The predicted octanol–water partition coefficient (Wildman–Crippen LogP) is 4.60. The Balaban J connectivity index is 2.86. The molecule has 0 heterocycles. The number of ketones is 1. The van der Waals surface area contributed by atoms with E-state index in [-0.39, 0.29) is 0 Å². The van der Waals surface area contributed by atoms with Gasteiger partial charge in [-0.25, -0.2) is 0 Å². The quantitative estimate of drug-likeness (QED) is 0.722. The average Bonchev–Trinajstić information content (AvgIpc) is 2.39. The molecule has 2 nitrogen and oxygen atoms in total. The molecule has 0 saturated heterocycles. The second-order valence-corrected chi connectivity index (χ2v) is 4.86. The molecule has 0 amide bonds. The van der Waals surface area contributed by atoms with Crippen LogP contribution in [0.25, 0.3) is 0 Å². The van der Waals surface area contributed by atoms with Crippen molar-refractivity contribution in [3.05, 3.63) is 28.8 Å². The molecule has 0 aliphatic carbocycles. The standard InChI is InChI=1S/C15H21ClO2/c1-4-11(6-8-13(17)5-2)14-10-12(16)7-9-15(14)18-3/h7,9-11H,4-6,8H2,1-3H3. The molecule has 0 saturated carbocycles. The SMILES string of the molecule is CCC(=O)CCC(CC)c1cc(Cl)ccc1OC. The van der Waals surface area contributed by atoms with Crippen LogP contribution in [0.2, 0.25) is 5.02 Å². The molecule has 0 bridgehead atoms. The molecule has 0 radical (unpaired) electrons. The van der Waals surface area contributed by atoms with Gasteiger partial charge in [-0.05, 0) is 42.5 Å². The van der Waals surface area contributed by atoms with Crippen LogP contribution in [0.3, 0.4) is 0 Å². The molecule has 18 heavy (non-hydrogen) atoms. The first-order chi connectivity index (χ1) is 8.62. The fourth-order valence-corrected chi connectivity index (χ4v) is 2.30. The Morgan fingerprint density at radius 3 is 2.67 bits per heavy atom. The smallest absolute Gasteiger partial charge is 0.132 e. The van der Waals surface area contributed by atoms with E-state index in [1.54, 1.807) is 7.11 Å². The number of hydrogen-bond donors (Lipinski definition) is 0. The van der Waals surface area contributed by atoms with Crippen LogP contribution in [-0.4, -0.2) is 12.9 Å². The summed E-state index contributed by atoms with van der Waals surface area (Å²) in [6.45, 7) is 4.03. The first kappa shape index (κ1) is 15.0. The third-order valence-electron chi connectivity index (χ3n) is 3.29. The van der Waals surface area contributed by atoms with Crippen molar-refractivity contribution in [3.63, 3.8) is 0 Å². The highest BCUT2D eigenvalue weighted by Crippen LogP contribution is 2.34. The van der Waals surface area contributed by atoms with Crippen LogP contribution >= 0.6 is 11.6 Å². The van der Waals surface area contributed by atoms with Gasteiger partial charge in [-0.1, -0.05) is 25.4 Å². The Kier molecular flexibility index (Phi) is 6.20. The number of methoxy groups -OCH3 is 1. The van der Waals surface area contributed by atoms with Crippen molar-refractivity contribution in [1.82, 2.24) is 0 Å². The summed E-state index contributed by atoms with van der Waals surface area (Å²) in [5, 5.41) is 0.714. The summed E-state index contributed by atoms with van der Waals surface area (Å²) in [4.78, 5) is 11.4. The first-order valence-electron chi connectivity index (χ1n) is 6.47. The fourth-order valence-electron chi connectivity index (χ4n) is 2.12. The zero-order valence-corrected chi connectivity index (χ0v) is 12.1. The number of hydrogen-bond acceptors (Lipinski definition) is 2. The highest BCUT2D eigenvalue weighted by molar-refractivity contribution is 6.30. The van der Waals surface area contributed by atoms with Crippen molar-refractivity contribution >= 4 is 17.4 Å². The van der Waals surface area contributed by atoms with Crippen molar-refractivity contribution in [1.29, 1.82) is 0 Å². The molecule has 1 aromatic rings. The molecule has 0 fully saturated rings. The molecule has 0 spiro atoms. The highest BCUT2D eigenvalue weighted by atomic mass is 35.5. The minimum Gasteiger partial charge on any atom is -0.496 e. The van der Waals surface area contributed by atoms with Crippen LogP contribution in [0.15, 0.2) is 18.2 Å². The number of rotatable bonds is 7. The summed E-state index contributed by atoms with van der Waals surface area (Å²) in [5.74, 6) is 1.50. The zero-order chi connectivity index (χ0) is 13.5. The van der Waals surface area contributed by atoms with Crippen LogP contribution in [0.5, 0.6) is 5.75 Å². The number of halogens is 1. The van der Waals surface area contributed by atoms with Crippen LogP contribution in [0.1, 0.15) is 51.0 Å². The lowest BCUT2D eigenvalue weighted by Gasteiger charge is -2.18. The average molecular weight is 269 g/mol. The minimum atomic E-state index is 0.314. The van der Waals surface area contributed by atoms with Crippen molar-refractivity contribution in [2.75, 3.05) is 7.11 Å². The third kappa shape index (κ3) is 4.02. The van der Waals surface area contributed by atoms with Gasteiger partial charge in [0.25, 0.3) is 0 Å². The topological polar surface area (TPSA) is 26.3 Å². The normalized spacial score (nSPS) is 12.2. The van der Waals surface area contributed by atoms with Gasteiger partial charge in [-0.2, -0.15) is 0 Å². The van der Waals surface area contributed by atoms with Crippen LogP contribution in [-0.2, 0) is 4.79 Å². The van der Waals surface area contributed by atoms with Gasteiger partial charge < -0.3 is 4.74 Å². The summed E-state index contributed by atoms with van der Waals surface area (Å²) >= 11 is 6.04. The van der Waals surface area contributed by atoms with E-state index in [1.807, 2.05) is 25.1 Å². The molecule has 100 valence electrons. The van der Waals surface area contributed by atoms with Gasteiger partial charge in [-0.3, -0.25) is 4.79 Å². The van der Waals surface area contributed by atoms with Gasteiger partial charge in [0.05, 0.1) is 7.11 Å². The maximum Gasteiger partial charge on any atom is 0.132 e. The molecule has 0 aliphatic rings. The van der Waals surface area contributed by atoms with E-state index in [0.717, 1.165) is 24.2 Å². The molecule has 0 aromatic heterocycles. The third-order valence-corrected chi connectivity index (χ3v) is 3.53. The summed E-state index contributed by atoms with van der Waals surface area (Å²) in [6.07, 6.45) is 3.08. The Hall–Kier alpha value is -1.02. The summed E-state index contributed by atoms with van der Waals surface area (Å²) < 4.78 is 5.37. The van der Waals surface area contributed by atoms with Gasteiger partial charge in [0.1, 0.15) is 11.5 Å². The summed E-state index contributed by atoms with van der Waals surface area (Å²) in [6, 6.07) is 5.67. The number of carbonyl (C=O) groups is 1. The van der Waals surface area contributed by atoms with Crippen molar-refractivity contribution < 1.29 is 9.53 Å². The van der Waals surface area contributed by atoms with Gasteiger partial charge in [-0.15, -0.1) is 0 Å². The predicted molar refractivity (Wildman–Crippen MR) is 75.6 cm³/mol. The van der Waals surface area contributed by atoms with Crippen LogP contribution < -0.4 is 4.74 Å². The van der Waals surface area contributed by atoms with Gasteiger partial charge in [0.2, 0.25) is 0 Å². The van der Waals surface area contributed by atoms with Gasteiger partial charge in [0.15, 0.2) is 0 Å². The molecule has 1 atom stereocenters. The number of ether oxygens (including phenoxy) is 1. The van der Waals surface area contributed by atoms with E-state index >= 15 is 0 Å². The van der Waals surface area contributed by atoms with Crippen molar-refractivity contribution in [2.45, 2.75) is 45.4 Å². The zero-order valence-electron chi connectivity index (χ0n) is 11.3. The second-order valence-electron chi connectivity index (χ2n) is 4.42. The number of benzene rings is 1. The van der Waals surface area contributed by atoms with Crippen molar-refractivity contribution in [3.8, 4) is 5.75 Å². The Labute approximate surface area is 114 Å². The molecular weight excluding hydrogens is 248 g/mol. The Morgan fingerprint density at radius 2 is 2.11 bits per heavy atom. The van der Waals surface area contributed by atoms with Crippen LogP contribution in [0.4, 0.5) is 0 Å². The van der Waals surface area contributed by atoms with Gasteiger partial charge >= 0.3 is 0 Å². The lowest BCUT2D eigenvalue weighted by Crippen LogP contribution is -2.04. The first-order valence-corrected chi connectivity index (χ1v) is 6.85. The maximum atomic E-state index is 11.4. The second kappa shape index (κ2) is 7.42. The molecule has 1 unspecified atom stereocenters. The largest absolute Gasteiger partial charge is 0.496 e. The number of Topliss-reactive ketones (excluding diaryl/α,β-unsaturated/α-hetero) is 1. The highest BCUT2D eigenvalue weighted by Gasteiger charge is 2.16. The maximum absolute atomic E-state index is 11.4. The van der Waals surface area contributed by atoms with E-state index < -0.39 is 0 Å². The van der Waals surface area contributed by atoms with E-state index in [1.165, 1.54) is 0 Å². The molecular formula is C15H21ClO2. The summed E-state index contributed by atoms with van der Waals surface area (Å²) in [5.41, 5.74) is 1.11. The Bertz CT molecular complexity index is 401. The van der Waals surface area contributed by atoms with Crippen molar-refractivity contribution in [2.24, 2.45) is 0 Å². The van der Waals surface area contributed by atoms with E-state index in [9.17, 15) is 4.79 Å². The summed E-state index contributed by atoms with van der Waals surface area (Å²) in [7, 11) is 1.66. The van der Waals surface area contributed by atoms with Gasteiger partial charge in [0, 0.05) is 17.9 Å². The minimum absolute atomic E-state index is 0.314. The van der Waals surface area contributed by atoms with Crippen LogP contribution in [0, 0.1) is 0 Å². The fraction of sp³-hybridized carbons (Fsp3) is 0.533. The van der Waals surface area contributed by atoms with E-state index in [4.69, 9.17) is 16.3 Å².